The van der Waals surface area contributed by atoms with Gasteiger partial charge >= 0.3 is 23.6 Å². The van der Waals surface area contributed by atoms with Crippen molar-refractivity contribution in [3.63, 3.8) is 0 Å². The second kappa shape index (κ2) is 2.86. The quantitative estimate of drug-likeness (QED) is 0.483. The SMILES string of the molecule is C[S+]=NC(=O)C(F)(F)F. The Kier molecular flexibility index (Phi) is 2.69. The van der Waals surface area contributed by atoms with Crippen LogP contribution >= 0.6 is 0 Å². The fourth-order valence-electron chi connectivity index (χ4n) is 0.135. The molecule has 0 unspecified atom stereocenters. The van der Waals surface area contributed by atoms with Gasteiger partial charge in [-0.25, -0.2) is 0 Å². The van der Waals surface area contributed by atoms with E-state index in [0.29, 0.717) is 11.6 Å². The summed E-state index contributed by atoms with van der Waals surface area (Å²) in [4.78, 5) is 9.75. The summed E-state index contributed by atoms with van der Waals surface area (Å²) in [6, 6.07) is 0. The van der Waals surface area contributed by atoms with Gasteiger partial charge < -0.3 is 0 Å². The summed E-state index contributed by atoms with van der Waals surface area (Å²) < 4.78 is 36.1. The fraction of sp³-hybridized carbons (Fsp3) is 0.667. The number of amides is 1. The monoisotopic (exact) mass is 158 g/mol. The van der Waals surface area contributed by atoms with Gasteiger partial charge in [0.05, 0.1) is 4.36 Å². The van der Waals surface area contributed by atoms with Crippen molar-refractivity contribution in [3.8, 4) is 0 Å². The molecule has 52 valence electrons. The second-order valence-corrected chi connectivity index (χ2v) is 1.62. The number of alkyl halides is 3. The van der Waals surface area contributed by atoms with Crippen molar-refractivity contribution >= 4 is 17.5 Å². The van der Waals surface area contributed by atoms with Crippen LogP contribution in [-0.4, -0.2) is 18.3 Å². The van der Waals surface area contributed by atoms with Crippen LogP contribution in [0.25, 0.3) is 0 Å². The summed E-state index contributed by atoms with van der Waals surface area (Å²) in [5.74, 6) is -2.05. The number of rotatable bonds is 0. The predicted octanol–water partition coefficient (Wildman–Crippen LogP) is 0.971. The van der Waals surface area contributed by atoms with Crippen molar-refractivity contribution in [1.82, 2.24) is 0 Å². The topological polar surface area (TPSA) is 29.4 Å². The molecular weight excluding hydrogens is 155 g/mol. The third-order valence-electron chi connectivity index (χ3n) is 0.417. The summed E-state index contributed by atoms with van der Waals surface area (Å²) in [5, 5.41) is 0. The largest absolute Gasteiger partial charge is 0.478 e. The molecule has 0 aromatic carbocycles. The Morgan fingerprint density at radius 1 is 1.56 bits per heavy atom. The molecule has 2 nitrogen and oxygen atoms in total. The summed E-state index contributed by atoms with van der Waals surface area (Å²) >= 11 is 0.492. The Hall–Kier alpha value is -0.520. The molecule has 0 bridgehead atoms. The number of nitrogens with zero attached hydrogens (tertiary/aromatic N) is 1. The van der Waals surface area contributed by atoms with Gasteiger partial charge in [0, 0.05) is 0 Å². The van der Waals surface area contributed by atoms with Gasteiger partial charge in [0.25, 0.3) is 0 Å². The Morgan fingerprint density at radius 2 is 2.00 bits per heavy atom. The maximum absolute atomic E-state index is 11.2. The van der Waals surface area contributed by atoms with E-state index < -0.39 is 12.1 Å². The maximum atomic E-state index is 11.2. The van der Waals surface area contributed by atoms with Crippen molar-refractivity contribution in [1.29, 1.82) is 0 Å². The molecule has 0 aromatic rings. The molecule has 6 heteroatoms. The highest BCUT2D eigenvalue weighted by molar-refractivity contribution is 7.67. The van der Waals surface area contributed by atoms with Crippen LogP contribution < -0.4 is 0 Å². The lowest BCUT2D eigenvalue weighted by molar-refractivity contribution is -0.169. The first-order valence-corrected chi connectivity index (χ1v) is 3.02. The number of carbonyl (C=O) groups excluding carboxylic acids is 1. The molecule has 0 radical (unpaired) electrons. The van der Waals surface area contributed by atoms with Crippen LogP contribution in [0, 0.1) is 0 Å². The van der Waals surface area contributed by atoms with Gasteiger partial charge in [-0.1, -0.05) is 0 Å². The van der Waals surface area contributed by atoms with Gasteiger partial charge in [-0.3, -0.25) is 4.79 Å². The standard InChI is InChI=1S/C3H3F3NOS/c1-9-7-2(8)3(4,5)6/h1H3/q+1. The fourth-order valence-corrected chi connectivity index (χ4v) is 0.404. The average molecular weight is 158 g/mol. The van der Waals surface area contributed by atoms with Gasteiger partial charge in [0.15, 0.2) is 6.26 Å². The normalized spacial score (nSPS) is 12.4. The first kappa shape index (κ1) is 8.48. The molecular formula is C3H3F3NOS+. The van der Waals surface area contributed by atoms with Gasteiger partial charge in [0.1, 0.15) is 0 Å². The average Bonchev–Trinajstić information content (AvgIpc) is 1.64. The minimum absolute atomic E-state index is 0.492. The van der Waals surface area contributed by atoms with E-state index in [1.54, 1.807) is 0 Å². The highest BCUT2D eigenvalue weighted by Crippen LogP contribution is 2.15. The van der Waals surface area contributed by atoms with E-state index >= 15 is 0 Å². The van der Waals surface area contributed by atoms with Crippen LogP contribution in [0.5, 0.6) is 0 Å². The molecule has 0 rings (SSSR count). The first-order valence-electron chi connectivity index (χ1n) is 1.84. The minimum atomic E-state index is -4.82. The smallest absolute Gasteiger partial charge is 0.257 e. The van der Waals surface area contributed by atoms with Crippen LogP contribution in [0.1, 0.15) is 0 Å². The van der Waals surface area contributed by atoms with Crippen LogP contribution in [0.3, 0.4) is 0 Å². The summed E-state index contributed by atoms with van der Waals surface area (Å²) in [5.41, 5.74) is 0. The molecule has 0 N–H and O–H groups in total. The second-order valence-electron chi connectivity index (χ2n) is 1.08. The third kappa shape index (κ3) is 3.12. The summed E-state index contributed by atoms with van der Waals surface area (Å²) in [6.07, 6.45) is -3.54. The molecule has 1 amide bonds. The van der Waals surface area contributed by atoms with E-state index in [1.807, 2.05) is 0 Å². The molecule has 0 aliphatic carbocycles. The van der Waals surface area contributed by atoms with E-state index in [-0.39, 0.29) is 0 Å². The van der Waals surface area contributed by atoms with Crippen molar-refractivity contribution in [2.24, 2.45) is 4.36 Å². The van der Waals surface area contributed by atoms with Crippen molar-refractivity contribution in [2.75, 3.05) is 6.26 Å². The van der Waals surface area contributed by atoms with Crippen LogP contribution in [-0.2, 0) is 16.4 Å². The van der Waals surface area contributed by atoms with Gasteiger partial charge in [0.2, 0.25) is 0 Å². The van der Waals surface area contributed by atoms with Crippen molar-refractivity contribution < 1.29 is 18.0 Å². The molecule has 0 fully saturated rings. The Bertz CT molecular complexity index is 140. The summed E-state index contributed by atoms with van der Waals surface area (Å²) in [6.45, 7) is 0. The minimum Gasteiger partial charge on any atom is -0.257 e. The molecule has 0 aliphatic rings. The predicted molar refractivity (Wildman–Crippen MR) is 26.8 cm³/mol. The first-order chi connectivity index (χ1) is 3.98. The van der Waals surface area contributed by atoms with Gasteiger partial charge in [-0.15, -0.1) is 0 Å². The highest BCUT2D eigenvalue weighted by atomic mass is 32.1. The Labute approximate surface area is 53.2 Å². The molecule has 0 spiro atoms. The van der Waals surface area contributed by atoms with Crippen LogP contribution in [0.2, 0.25) is 0 Å². The zero-order chi connectivity index (χ0) is 7.49. The molecule has 0 aliphatic heterocycles. The Morgan fingerprint density at radius 3 is 2.11 bits per heavy atom. The summed E-state index contributed by atoms with van der Waals surface area (Å²) in [7, 11) is 0. The van der Waals surface area contributed by atoms with Gasteiger partial charge in [-0.05, 0) is 0 Å². The lowest BCUT2D eigenvalue weighted by Gasteiger charge is -1.92. The third-order valence-corrected chi connectivity index (χ3v) is 0.765. The molecule has 0 saturated carbocycles. The number of hydrogen-bond acceptors (Lipinski definition) is 1. The van der Waals surface area contributed by atoms with Crippen LogP contribution in [0.15, 0.2) is 4.36 Å². The van der Waals surface area contributed by atoms with Crippen LogP contribution in [0.4, 0.5) is 13.2 Å². The molecule has 9 heavy (non-hydrogen) atoms. The van der Waals surface area contributed by atoms with E-state index in [0.717, 1.165) is 0 Å². The van der Waals surface area contributed by atoms with E-state index in [4.69, 9.17) is 0 Å². The Balaban J connectivity index is 4.06. The maximum Gasteiger partial charge on any atom is 0.478 e. The molecule has 0 aromatic heterocycles. The zero-order valence-corrected chi connectivity index (χ0v) is 5.21. The molecule has 0 saturated heterocycles. The van der Waals surface area contributed by atoms with Crippen molar-refractivity contribution in [3.05, 3.63) is 0 Å². The number of halogens is 3. The lowest BCUT2D eigenvalue weighted by Crippen LogP contribution is -2.19. The number of carbonyl (C=O) groups is 1. The van der Waals surface area contributed by atoms with Gasteiger partial charge in [-0.2, -0.15) is 13.2 Å². The van der Waals surface area contributed by atoms with E-state index in [9.17, 15) is 18.0 Å². The van der Waals surface area contributed by atoms with E-state index in [2.05, 4.69) is 4.36 Å². The van der Waals surface area contributed by atoms with Crippen molar-refractivity contribution in [2.45, 2.75) is 6.18 Å². The number of hydrogen-bond donors (Lipinski definition) is 0. The zero-order valence-electron chi connectivity index (χ0n) is 4.40. The van der Waals surface area contributed by atoms with E-state index in [1.165, 1.54) is 6.26 Å². The lowest BCUT2D eigenvalue weighted by atomic mass is 10.6. The highest BCUT2D eigenvalue weighted by Gasteiger charge is 2.41. The molecule has 0 heterocycles. The molecule has 0 atom stereocenters.